The monoisotopic (exact) mass is 478 g/mol. The molecule has 1 aromatic heterocycles. The first-order chi connectivity index (χ1) is 12.5. The fourth-order valence-electron chi connectivity index (χ4n) is 2.27. The molecule has 0 spiro atoms. The quantitative estimate of drug-likeness (QED) is 0.388. The van der Waals surface area contributed by atoms with Gasteiger partial charge < -0.3 is 14.8 Å². The lowest BCUT2D eigenvalue weighted by atomic mass is 10.1. The molecule has 5 nitrogen and oxygen atoms in total. The Labute approximate surface area is 169 Å². The van der Waals surface area contributed by atoms with Crippen LogP contribution in [0.5, 0.6) is 0 Å². The van der Waals surface area contributed by atoms with Crippen LogP contribution in [0.25, 0.3) is 11.3 Å². The predicted octanol–water partition coefficient (Wildman–Crippen LogP) is 4.17. The maximum absolute atomic E-state index is 12.2. The van der Waals surface area contributed by atoms with Gasteiger partial charge in [0.2, 0.25) is 0 Å². The van der Waals surface area contributed by atoms with Crippen molar-refractivity contribution in [1.29, 1.82) is 0 Å². The van der Waals surface area contributed by atoms with E-state index in [1.165, 1.54) is 0 Å². The summed E-state index contributed by atoms with van der Waals surface area (Å²) >= 11 is 7.37. The van der Waals surface area contributed by atoms with Gasteiger partial charge in [-0.05, 0) is 95.5 Å². The molecule has 7 heteroatoms. The van der Waals surface area contributed by atoms with Gasteiger partial charge in [0.25, 0.3) is 5.91 Å². The van der Waals surface area contributed by atoms with Crippen molar-refractivity contribution in [2.75, 3.05) is 5.32 Å². The number of carbonyl (C=O) groups excluding carboxylic acids is 1. The zero-order valence-electron chi connectivity index (χ0n) is 13.5. The van der Waals surface area contributed by atoms with Gasteiger partial charge in [0.05, 0.1) is 0 Å². The molecule has 3 rings (SSSR count). The Kier molecular flexibility index (Phi) is 6.02. The van der Waals surface area contributed by atoms with Crippen LogP contribution in [0, 0.1) is 3.57 Å². The summed E-state index contributed by atoms with van der Waals surface area (Å²) in [7, 11) is 0. The number of nitrogens with one attached hydrogen (secondary N) is 2. The number of halogens is 1. The largest absolute Gasteiger partial charge is 0.459 e. The van der Waals surface area contributed by atoms with E-state index in [0.29, 0.717) is 17.1 Å². The van der Waals surface area contributed by atoms with E-state index in [9.17, 15) is 4.79 Å². The topological polar surface area (TPSA) is 74.5 Å². The van der Waals surface area contributed by atoms with Crippen LogP contribution in [0.1, 0.15) is 16.1 Å². The molecule has 26 heavy (non-hydrogen) atoms. The SMILES string of the molecule is O=C(NC(=S)Nc1ccc(-c2ccc(CO)o2)cc1)c1ccc(I)cc1. The molecule has 0 fully saturated rings. The van der Waals surface area contributed by atoms with E-state index in [-0.39, 0.29) is 17.6 Å². The number of hydrogen-bond acceptors (Lipinski definition) is 4. The summed E-state index contributed by atoms with van der Waals surface area (Å²) in [5.74, 6) is 0.930. The molecule has 0 unspecified atom stereocenters. The van der Waals surface area contributed by atoms with E-state index in [4.69, 9.17) is 21.7 Å². The van der Waals surface area contributed by atoms with Crippen LogP contribution in [-0.2, 0) is 6.61 Å². The minimum absolute atomic E-state index is 0.131. The minimum atomic E-state index is -0.261. The summed E-state index contributed by atoms with van der Waals surface area (Å²) in [4.78, 5) is 12.2. The second-order valence-corrected chi connectivity index (χ2v) is 7.07. The maximum Gasteiger partial charge on any atom is 0.257 e. The molecule has 2 aromatic carbocycles. The first-order valence-electron chi connectivity index (χ1n) is 7.73. The van der Waals surface area contributed by atoms with Crippen LogP contribution in [0.2, 0.25) is 0 Å². The van der Waals surface area contributed by atoms with Crippen LogP contribution in [0.4, 0.5) is 5.69 Å². The van der Waals surface area contributed by atoms with Crippen LogP contribution in [-0.4, -0.2) is 16.1 Å². The van der Waals surface area contributed by atoms with Crippen molar-refractivity contribution in [1.82, 2.24) is 5.32 Å². The van der Waals surface area contributed by atoms with Gasteiger partial charge in [0, 0.05) is 20.4 Å². The Morgan fingerprint density at radius 2 is 1.73 bits per heavy atom. The maximum atomic E-state index is 12.2. The average Bonchev–Trinajstić information content (AvgIpc) is 3.12. The first-order valence-corrected chi connectivity index (χ1v) is 9.22. The van der Waals surface area contributed by atoms with Gasteiger partial charge in [-0.2, -0.15) is 0 Å². The van der Waals surface area contributed by atoms with Crippen LogP contribution in [0.3, 0.4) is 0 Å². The molecule has 1 heterocycles. The number of anilines is 1. The van der Waals surface area contributed by atoms with Gasteiger partial charge >= 0.3 is 0 Å². The number of thiocarbonyl (C=S) groups is 1. The van der Waals surface area contributed by atoms with Gasteiger partial charge in [0.1, 0.15) is 18.1 Å². The molecule has 0 atom stereocenters. The van der Waals surface area contributed by atoms with Gasteiger partial charge in [-0.1, -0.05) is 0 Å². The van der Waals surface area contributed by atoms with Gasteiger partial charge in [0.15, 0.2) is 5.11 Å². The Morgan fingerprint density at radius 3 is 2.35 bits per heavy atom. The highest BCUT2D eigenvalue weighted by Crippen LogP contribution is 2.23. The number of rotatable bonds is 4. The van der Waals surface area contributed by atoms with Crippen molar-refractivity contribution < 1.29 is 14.3 Å². The van der Waals surface area contributed by atoms with Crippen molar-refractivity contribution in [3.63, 3.8) is 0 Å². The number of carbonyl (C=O) groups is 1. The molecule has 0 aliphatic carbocycles. The molecule has 0 saturated carbocycles. The third-order valence-corrected chi connectivity index (χ3v) is 4.50. The smallest absolute Gasteiger partial charge is 0.257 e. The number of furan rings is 1. The highest BCUT2D eigenvalue weighted by atomic mass is 127. The Morgan fingerprint density at radius 1 is 1.04 bits per heavy atom. The van der Waals surface area contributed by atoms with E-state index >= 15 is 0 Å². The van der Waals surface area contributed by atoms with Crippen molar-refractivity contribution >= 4 is 51.5 Å². The zero-order valence-corrected chi connectivity index (χ0v) is 16.5. The Balaban J connectivity index is 1.60. The molecule has 0 radical (unpaired) electrons. The lowest BCUT2D eigenvalue weighted by Gasteiger charge is -2.10. The highest BCUT2D eigenvalue weighted by molar-refractivity contribution is 14.1. The molecular weight excluding hydrogens is 463 g/mol. The Hall–Kier alpha value is -2.23. The lowest BCUT2D eigenvalue weighted by molar-refractivity contribution is 0.0977. The van der Waals surface area contributed by atoms with Crippen molar-refractivity contribution in [3.8, 4) is 11.3 Å². The third kappa shape index (κ3) is 4.69. The standard InChI is InChI=1S/C19H15IN2O3S/c20-14-5-1-13(2-6-14)18(24)22-19(26)21-15-7-3-12(4-8-15)17-10-9-16(11-23)25-17/h1-10,23H,11H2,(H2,21,22,24,26). The highest BCUT2D eigenvalue weighted by Gasteiger charge is 2.08. The van der Waals surface area contributed by atoms with Gasteiger partial charge in [-0.15, -0.1) is 0 Å². The average molecular weight is 478 g/mol. The Bertz CT molecular complexity index is 921. The lowest BCUT2D eigenvalue weighted by Crippen LogP contribution is -2.34. The third-order valence-electron chi connectivity index (χ3n) is 3.58. The number of aliphatic hydroxyl groups is 1. The van der Waals surface area contributed by atoms with Gasteiger partial charge in [-0.3, -0.25) is 10.1 Å². The summed E-state index contributed by atoms with van der Waals surface area (Å²) in [5.41, 5.74) is 2.17. The van der Waals surface area contributed by atoms with Crippen LogP contribution in [0.15, 0.2) is 65.1 Å². The van der Waals surface area contributed by atoms with Gasteiger partial charge in [-0.25, -0.2) is 0 Å². The predicted molar refractivity (Wildman–Crippen MR) is 113 cm³/mol. The molecule has 0 aliphatic rings. The molecule has 0 aliphatic heterocycles. The molecule has 3 N–H and O–H groups in total. The molecule has 0 bridgehead atoms. The summed E-state index contributed by atoms with van der Waals surface area (Å²) < 4.78 is 6.55. The molecule has 132 valence electrons. The van der Waals surface area contributed by atoms with E-state index < -0.39 is 0 Å². The normalized spacial score (nSPS) is 10.4. The van der Waals surface area contributed by atoms with Crippen LogP contribution < -0.4 is 10.6 Å². The number of hydrogen-bond donors (Lipinski definition) is 3. The molecular formula is C19H15IN2O3S. The minimum Gasteiger partial charge on any atom is -0.459 e. The van der Waals surface area contributed by atoms with E-state index in [1.807, 2.05) is 36.4 Å². The van der Waals surface area contributed by atoms with Crippen molar-refractivity contribution in [2.24, 2.45) is 0 Å². The van der Waals surface area contributed by atoms with E-state index in [0.717, 1.165) is 14.8 Å². The number of amides is 1. The number of aliphatic hydroxyl groups excluding tert-OH is 1. The number of benzene rings is 2. The fourth-order valence-corrected chi connectivity index (χ4v) is 2.84. The van der Waals surface area contributed by atoms with E-state index in [2.05, 4.69) is 33.2 Å². The fraction of sp³-hybridized carbons (Fsp3) is 0.0526. The van der Waals surface area contributed by atoms with Crippen molar-refractivity contribution in [2.45, 2.75) is 6.61 Å². The summed E-state index contributed by atoms with van der Waals surface area (Å²) in [5, 5.41) is 14.9. The summed E-state index contributed by atoms with van der Waals surface area (Å²) in [6.45, 7) is -0.131. The second kappa shape index (κ2) is 8.43. The summed E-state index contributed by atoms with van der Waals surface area (Å²) in [6.07, 6.45) is 0. The molecule has 3 aromatic rings. The zero-order chi connectivity index (χ0) is 18.5. The van der Waals surface area contributed by atoms with E-state index in [1.54, 1.807) is 24.3 Å². The van der Waals surface area contributed by atoms with Crippen LogP contribution >= 0.6 is 34.8 Å². The first kappa shape index (κ1) is 18.6. The second-order valence-electron chi connectivity index (χ2n) is 5.42. The molecule has 1 amide bonds. The summed E-state index contributed by atoms with van der Waals surface area (Å²) in [6, 6.07) is 18.2. The molecule has 0 saturated heterocycles. The van der Waals surface area contributed by atoms with Crippen molar-refractivity contribution in [3.05, 3.63) is 75.6 Å².